The maximum absolute atomic E-state index is 12.4. The Labute approximate surface area is 121 Å². The molecule has 2 amide bonds. The number of anilines is 1. The molecule has 1 heterocycles. The standard InChI is InChI=1S/C16H25N3O/c1-2-3-12-19(13-15-10-7-11-17-15)16(20)18-14-8-5-4-6-9-14/h4-6,8-9,15,17H,2-3,7,10-13H2,1H3,(H,18,20). The molecule has 0 aromatic heterocycles. The SMILES string of the molecule is CCCCN(CC1CCCN1)C(=O)Nc1ccccc1. The van der Waals surface area contributed by atoms with Gasteiger partial charge in [-0.05, 0) is 37.9 Å². The number of carbonyl (C=O) groups excluding carboxylic acids is 1. The molecule has 0 saturated carbocycles. The fraction of sp³-hybridized carbons (Fsp3) is 0.562. The van der Waals surface area contributed by atoms with Crippen LogP contribution >= 0.6 is 0 Å². The molecule has 1 fully saturated rings. The maximum Gasteiger partial charge on any atom is 0.321 e. The normalized spacial score (nSPS) is 17.9. The lowest BCUT2D eigenvalue weighted by molar-refractivity contribution is 0.205. The van der Waals surface area contributed by atoms with E-state index in [1.807, 2.05) is 35.2 Å². The van der Waals surface area contributed by atoms with Gasteiger partial charge in [-0.15, -0.1) is 0 Å². The Morgan fingerprint density at radius 1 is 1.40 bits per heavy atom. The molecule has 1 saturated heterocycles. The van der Waals surface area contributed by atoms with E-state index in [4.69, 9.17) is 0 Å². The van der Waals surface area contributed by atoms with E-state index in [9.17, 15) is 4.79 Å². The number of hydrogen-bond donors (Lipinski definition) is 2. The summed E-state index contributed by atoms with van der Waals surface area (Å²) in [5.74, 6) is 0. The molecule has 20 heavy (non-hydrogen) atoms. The highest BCUT2D eigenvalue weighted by atomic mass is 16.2. The topological polar surface area (TPSA) is 44.4 Å². The highest BCUT2D eigenvalue weighted by molar-refractivity contribution is 5.89. The second-order valence-corrected chi connectivity index (χ2v) is 5.39. The van der Waals surface area contributed by atoms with Gasteiger partial charge < -0.3 is 15.5 Å². The van der Waals surface area contributed by atoms with E-state index < -0.39 is 0 Å². The summed E-state index contributed by atoms with van der Waals surface area (Å²) in [6.07, 6.45) is 4.54. The Morgan fingerprint density at radius 2 is 2.20 bits per heavy atom. The van der Waals surface area contributed by atoms with Crippen molar-refractivity contribution in [2.45, 2.75) is 38.6 Å². The molecule has 1 aromatic rings. The minimum Gasteiger partial charge on any atom is -0.323 e. The van der Waals surface area contributed by atoms with E-state index in [0.29, 0.717) is 6.04 Å². The number of benzene rings is 1. The lowest BCUT2D eigenvalue weighted by Crippen LogP contribution is -2.43. The average molecular weight is 275 g/mol. The molecule has 110 valence electrons. The molecule has 1 aliphatic rings. The van der Waals surface area contributed by atoms with Crippen LogP contribution in [0.15, 0.2) is 30.3 Å². The Hall–Kier alpha value is -1.55. The summed E-state index contributed by atoms with van der Waals surface area (Å²) in [5, 5.41) is 6.44. The molecule has 4 heteroatoms. The second-order valence-electron chi connectivity index (χ2n) is 5.39. The number of amides is 2. The van der Waals surface area contributed by atoms with Crippen molar-refractivity contribution in [3.05, 3.63) is 30.3 Å². The highest BCUT2D eigenvalue weighted by Crippen LogP contribution is 2.11. The molecule has 0 radical (unpaired) electrons. The quantitative estimate of drug-likeness (QED) is 0.838. The van der Waals surface area contributed by atoms with Crippen molar-refractivity contribution in [1.82, 2.24) is 10.2 Å². The van der Waals surface area contributed by atoms with Gasteiger partial charge in [-0.2, -0.15) is 0 Å². The minimum atomic E-state index is 0.0124. The van der Waals surface area contributed by atoms with E-state index in [2.05, 4.69) is 17.6 Å². The van der Waals surface area contributed by atoms with Crippen LogP contribution in [0.25, 0.3) is 0 Å². The summed E-state index contributed by atoms with van der Waals surface area (Å²) in [5.41, 5.74) is 0.860. The Bertz CT molecular complexity index is 401. The van der Waals surface area contributed by atoms with Gasteiger partial charge in [-0.3, -0.25) is 0 Å². The van der Waals surface area contributed by atoms with Crippen LogP contribution < -0.4 is 10.6 Å². The Morgan fingerprint density at radius 3 is 2.85 bits per heavy atom. The van der Waals surface area contributed by atoms with E-state index >= 15 is 0 Å². The first-order valence-electron chi connectivity index (χ1n) is 7.64. The van der Waals surface area contributed by atoms with Crippen LogP contribution in [0.3, 0.4) is 0 Å². The first-order chi connectivity index (χ1) is 9.79. The smallest absolute Gasteiger partial charge is 0.321 e. The third kappa shape index (κ3) is 4.53. The number of urea groups is 1. The average Bonchev–Trinajstić information content (AvgIpc) is 2.97. The van der Waals surface area contributed by atoms with Crippen LogP contribution in [0.1, 0.15) is 32.6 Å². The molecule has 2 rings (SSSR count). The molecular weight excluding hydrogens is 250 g/mol. The van der Waals surface area contributed by atoms with Crippen LogP contribution in [-0.2, 0) is 0 Å². The van der Waals surface area contributed by atoms with E-state index in [0.717, 1.165) is 38.2 Å². The molecule has 1 aliphatic heterocycles. The summed E-state index contributed by atoms with van der Waals surface area (Å²) >= 11 is 0. The lowest BCUT2D eigenvalue weighted by Gasteiger charge is -2.26. The molecule has 1 unspecified atom stereocenters. The molecule has 4 nitrogen and oxygen atoms in total. The maximum atomic E-state index is 12.4. The molecular formula is C16H25N3O. The van der Waals surface area contributed by atoms with Crippen molar-refractivity contribution in [2.75, 3.05) is 25.0 Å². The third-order valence-corrected chi connectivity index (χ3v) is 3.70. The van der Waals surface area contributed by atoms with Crippen molar-refractivity contribution < 1.29 is 4.79 Å². The zero-order valence-corrected chi connectivity index (χ0v) is 12.3. The summed E-state index contributed by atoms with van der Waals surface area (Å²) in [6.45, 7) is 4.86. The number of nitrogens with zero attached hydrogens (tertiary/aromatic N) is 1. The van der Waals surface area contributed by atoms with Crippen molar-refractivity contribution in [3.63, 3.8) is 0 Å². The zero-order chi connectivity index (χ0) is 14.2. The summed E-state index contributed by atoms with van der Waals surface area (Å²) < 4.78 is 0. The number of carbonyl (C=O) groups is 1. The molecule has 1 aromatic carbocycles. The van der Waals surface area contributed by atoms with E-state index in [1.165, 1.54) is 12.8 Å². The molecule has 0 spiro atoms. The molecule has 0 bridgehead atoms. The highest BCUT2D eigenvalue weighted by Gasteiger charge is 2.21. The first kappa shape index (κ1) is 14.9. The van der Waals surface area contributed by atoms with Crippen LogP contribution in [0, 0.1) is 0 Å². The van der Waals surface area contributed by atoms with Crippen LogP contribution in [-0.4, -0.2) is 36.6 Å². The minimum absolute atomic E-state index is 0.0124. The predicted octanol–water partition coefficient (Wildman–Crippen LogP) is 3.07. The molecule has 2 N–H and O–H groups in total. The van der Waals surface area contributed by atoms with Crippen LogP contribution in [0.5, 0.6) is 0 Å². The van der Waals surface area contributed by atoms with Crippen molar-refractivity contribution in [1.29, 1.82) is 0 Å². The Kier molecular flexibility index (Phi) is 5.87. The summed E-state index contributed by atoms with van der Waals surface area (Å²) in [7, 11) is 0. The first-order valence-corrected chi connectivity index (χ1v) is 7.64. The van der Waals surface area contributed by atoms with Gasteiger partial charge in [-0.25, -0.2) is 4.79 Å². The van der Waals surface area contributed by atoms with Crippen LogP contribution in [0.4, 0.5) is 10.5 Å². The fourth-order valence-electron chi connectivity index (χ4n) is 2.53. The third-order valence-electron chi connectivity index (χ3n) is 3.70. The van der Waals surface area contributed by atoms with Gasteiger partial charge in [0.2, 0.25) is 0 Å². The van der Waals surface area contributed by atoms with Gasteiger partial charge >= 0.3 is 6.03 Å². The number of nitrogens with one attached hydrogen (secondary N) is 2. The van der Waals surface area contributed by atoms with Gasteiger partial charge in [0, 0.05) is 24.8 Å². The van der Waals surface area contributed by atoms with E-state index in [1.54, 1.807) is 0 Å². The van der Waals surface area contributed by atoms with Crippen molar-refractivity contribution in [2.24, 2.45) is 0 Å². The lowest BCUT2D eigenvalue weighted by atomic mass is 10.2. The predicted molar refractivity (Wildman–Crippen MR) is 83.0 cm³/mol. The Balaban J connectivity index is 1.91. The number of hydrogen-bond acceptors (Lipinski definition) is 2. The van der Waals surface area contributed by atoms with E-state index in [-0.39, 0.29) is 6.03 Å². The number of rotatable bonds is 6. The zero-order valence-electron chi connectivity index (χ0n) is 12.3. The number of para-hydroxylation sites is 1. The van der Waals surface area contributed by atoms with Gasteiger partial charge in [0.05, 0.1) is 0 Å². The van der Waals surface area contributed by atoms with Crippen molar-refractivity contribution in [3.8, 4) is 0 Å². The van der Waals surface area contributed by atoms with Gasteiger partial charge in [-0.1, -0.05) is 31.5 Å². The molecule has 1 atom stereocenters. The van der Waals surface area contributed by atoms with Crippen LogP contribution in [0.2, 0.25) is 0 Å². The number of unbranched alkanes of at least 4 members (excludes halogenated alkanes) is 1. The van der Waals surface area contributed by atoms with Gasteiger partial charge in [0.1, 0.15) is 0 Å². The van der Waals surface area contributed by atoms with Crippen molar-refractivity contribution >= 4 is 11.7 Å². The fourth-order valence-corrected chi connectivity index (χ4v) is 2.53. The second kappa shape index (κ2) is 7.90. The largest absolute Gasteiger partial charge is 0.323 e. The van der Waals surface area contributed by atoms with Gasteiger partial charge in [0.15, 0.2) is 0 Å². The summed E-state index contributed by atoms with van der Waals surface area (Å²) in [6, 6.07) is 10.1. The van der Waals surface area contributed by atoms with Gasteiger partial charge in [0.25, 0.3) is 0 Å². The summed E-state index contributed by atoms with van der Waals surface area (Å²) in [4.78, 5) is 14.3. The monoisotopic (exact) mass is 275 g/mol. The molecule has 0 aliphatic carbocycles.